The van der Waals surface area contributed by atoms with Crippen molar-refractivity contribution in [1.82, 2.24) is 0 Å². The van der Waals surface area contributed by atoms with Gasteiger partial charge >= 0.3 is 0 Å². The number of hydrogen-bond acceptors (Lipinski definition) is 5. The van der Waals surface area contributed by atoms with Crippen LogP contribution in [-0.2, 0) is 0 Å². The van der Waals surface area contributed by atoms with E-state index < -0.39 is 4.92 Å². The normalized spacial score (nSPS) is 11.2. The number of carbonyl (C=O) groups excluding carboxylic acids is 1. The molecule has 0 aromatic heterocycles. The summed E-state index contributed by atoms with van der Waals surface area (Å²) in [5.41, 5.74) is 0.405. The molecule has 0 bridgehead atoms. The average Bonchev–Trinajstić information content (AvgIpc) is 2.36. The van der Waals surface area contributed by atoms with E-state index in [0.29, 0.717) is 24.2 Å². The highest BCUT2D eigenvalue weighted by atomic mass is 16.6. The van der Waals surface area contributed by atoms with Gasteiger partial charge in [0.05, 0.1) is 4.92 Å². The highest BCUT2D eigenvalue weighted by Gasteiger charge is 2.20. The molecule has 0 fully saturated rings. The van der Waals surface area contributed by atoms with Crippen molar-refractivity contribution in [2.45, 2.75) is 27.2 Å². The summed E-state index contributed by atoms with van der Waals surface area (Å²) in [6.45, 7) is 5.86. The molecule has 0 saturated heterocycles. The lowest BCUT2D eigenvalue weighted by Gasteiger charge is -2.24. The molecule has 0 saturated carbocycles. The van der Waals surface area contributed by atoms with E-state index in [0.717, 1.165) is 0 Å². The van der Waals surface area contributed by atoms with Gasteiger partial charge in [-0.2, -0.15) is 0 Å². The number of nitrogens with one attached hydrogen (secondary N) is 1. The Morgan fingerprint density at radius 1 is 1.45 bits per heavy atom. The molecule has 1 rings (SSSR count). The van der Waals surface area contributed by atoms with Crippen LogP contribution >= 0.6 is 0 Å². The zero-order chi connectivity index (χ0) is 15.3. The summed E-state index contributed by atoms with van der Waals surface area (Å²) in [6, 6.07) is 4.39. The fourth-order valence-electron chi connectivity index (χ4n) is 1.78. The minimum Gasteiger partial charge on any atom is -0.396 e. The highest BCUT2D eigenvalue weighted by Crippen LogP contribution is 2.28. The second kappa shape index (κ2) is 6.47. The largest absolute Gasteiger partial charge is 0.396 e. The van der Waals surface area contributed by atoms with Crippen molar-refractivity contribution in [3.8, 4) is 0 Å². The average molecular weight is 280 g/mol. The number of benzene rings is 1. The maximum atomic E-state index is 11.3. The van der Waals surface area contributed by atoms with E-state index in [-0.39, 0.29) is 23.5 Å². The molecule has 0 heterocycles. The summed E-state index contributed by atoms with van der Waals surface area (Å²) in [6.07, 6.45) is 0.597. The Bertz CT molecular complexity index is 512. The van der Waals surface area contributed by atoms with Gasteiger partial charge in [-0.1, -0.05) is 13.8 Å². The quantitative estimate of drug-likeness (QED) is 0.455. The lowest BCUT2D eigenvalue weighted by Crippen LogP contribution is -2.24. The number of aliphatic hydroxyl groups excluding tert-OH is 1. The lowest BCUT2D eigenvalue weighted by molar-refractivity contribution is -0.384. The van der Waals surface area contributed by atoms with Crippen molar-refractivity contribution >= 4 is 17.2 Å². The monoisotopic (exact) mass is 280 g/mol. The smallest absolute Gasteiger partial charge is 0.293 e. The molecule has 0 amide bonds. The van der Waals surface area contributed by atoms with Crippen molar-refractivity contribution in [2.75, 3.05) is 18.5 Å². The van der Waals surface area contributed by atoms with E-state index in [4.69, 9.17) is 5.11 Å². The Labute approximate surface area is 118 Å². The third-order valence-corrected chi connectivity index (χ3v) is 3.15. The van der Waals surface area contributed by atoms with Crippen molar-refractivity contribution in [1.29, 1.82) is 0 Å². The first kappa shape index (κ1) is 16.1. The molecule has 20 heavy (non-hydrogen) atoms. The second-order valence-electron chi connectivity index (χ2n) is 5.54. The Morgan fingerprint density at radius 3 is 2.60 bits per heavy atom. The minimum atomic E-state index is -0.506. The van der Waals surface area contributed by atoms with Gasteiger partial charge in [-0.25, -0.2) is 0 Å². The molecule has 110 valence electrons. The van der Waals surface area contributed by atoms with Gasteiger partial charge < -0.3 is 10.4 Å². The molecule has 0 spiro atoms. The zero-order valence-corrected chi connectivity index (χ0v) is 12.0. The Balaban J connectivity index is 2.95. The van der Waals surface area contributed by atoms with Crippen LogP contribution in [0.15, 0.2) is 18.2 Å². The van der Waals surface area contributed by atoms with E-state index in [1.807, 2.05) is 13.8 Å². The number of nitro groups is 1. The van der Waals surface area contributed by atoms with Crippen LogP contribution in [-0.4, -0.2) is 29.0 Å². The van der Waals surface area contributed by atoms with Crippen molar-refractivity contribution in [2.24, 2.45) is 5.41 Å². The van der Waals surface area contributed by atoms with Crippen molar-refractivity contribution < 1.29 is 14.8 Å². The molecule has 2 N–H and O–H groups in total. The number of ketones is 1. The van der Waals surface area contributed by atoms with Crippen LogP contribution in [0.2, 0.25) is 0 Å². The van der Waals surface area contributed by atoms with Gasteiger partial charge in [0.2, 0.25) is 0 Å². The van der Waals surface area contributed by atoms with E-state index in [1.54, 1.807) is 12.1 Å². The van der Waals surface area contributed by atoms with E-state index in [1.165, 1.54) is 13.0 Å². The zero-order valence-electron chi connectivity index (χ0n) is 12.0. The highest BCUT2D eigenvalue weighted by molar-refractivity contribution is 5.95. The summed E-state index contributed by atoms with van der Waals surface area (Å²) in [5, 5.41) is 23.0. The third kappa shape index (κ3) is 4.31. The second-order valence-corrected chi connectivity index (χ2v) is 5.54. The number of anilines is 1. The molecule has 0 radical (unpaired) electrons. The summed E-state index contributed by atoms with van der Waals surface area (Å²) in [5.74, 6) is -0.208. The predicted octanol–water partition coefficient (Wildman–Crippen LogP) is 2.62. The van der Waals surface area contributed by atoms with Crippen molar-refractivity contribution in [3.05, 3.63) is 33.9 Å². The van der Waals surface area contributed by atoms with E-state index in [9.17, 15) is 14.9 Å². The summed E-state index contributed by atoms with van der Waals surface area (Å²) in [4.78, 5) is 21.8. The molecule has 6 nitrogen and oxygen atoms in total. The first-order chi connectivity index (χ1) is 9.26. The minimum absolute atomic E-state index is 0.0695. The topological polar surface area (TPSA) is 92.5 Å². The van der Waals surface area contributed by atoms with E-state index in [2.05, 4.69) is 5.32 Å². The van der Waals surface area contributed by atoms with Gasteiger partial charge in [0.25, 0.3) is 5.69 Å². The first-order valence-electron chi connectivity index (χ1n) is 6.41. The predicted molar refractivity (Wildman–Crippen MR) is 77.1 cm³/mol. The summed E-state index contributed by atoms with van der Waals surface area (Å²) < 4.78 is 0. The molecule has 1 aromatic carbocycles. The summed E-state index contributed by atoms with van der Waals surface area (Å²) in [7, 11) is 0. The van der Waals surface area contributed by atoms with Crippen LogP contribution in [0.5, 0.6) is 0 Å². The molecular formula is C14H20N2O4. The van der Waals surface area contributed by atoms with Gasteiger partial charge in [0.1, 0.15) is 5.69 Å². The molecule has 0 unspecified atom stereocenters. The summed E-state index contributed by atoms with van der Waals surface area (Å²) >= 11 is 0. The number of nitrogens with zero attached hydrogens (tertiary/aromatic N) is 1. The van der Waals surface area contributed by atoms with Crippen molar-refractivity contribution in [3.63, 3.8) is 0 Å². The van der Waals surface area contributed by atoms with Crippen LogP contribution in [0.25, 0.3) is 0 Å². The number of nitro benzene ring substituents is 1. The SMILES string of the molecule is CC(=O)c1ccc(NCC(C)(C)CCO)c([N+](=O)[O-])c1. The number of aliphatic hydroxyl groups is 1. The fraction of sp³-hybridized carbons (Fsp3) is 0.500. The first-order valence-corrected chi connectivity index (χ1v) is 6.41. The number of carbonyl (C=O) groups is 1. The van der Waals surface area contributed by atoms with Crippen LogP contribution in [0, 0.1) is 15.5 Å². The fourth-order valence-corrected chi connectivity index (χ4v) is 1.78. The molecule has 0 aliphatic heterocycles. The van der Waals surface area contributed by atoms with Gasteiger partial charge in [-0.05, 0) is 30.9 Å². The van der Waals surface area contributed by atoms with Gasteiger partial charge in [-0.15, -0.1) is 0 Å². The van der Waals surface area contributed by atoms with Gasteiger partial charge in [0, 0.05) is 24.8 Å². The Hall–Kier alpha value is -1.95. The molecule has 0 atom stereocenters. The molecule has 1 aromatic rings. The standard InChI is InChI=1S/C14H20N2O4/c1-10(18)11-4-5-12(13(8-11)16(19)20)15-9-14(2,3)6-7-17/h4-5,8,15,17H,6-7,9H2,1-3H3. The Morgan fingerprint density at radius 2 is 2.10 bits per heavy atom. The molecule has 0 aliphatic rings. The number of rotatable bonds is 7. The maximum Gasteiger partial charge on any atom is 0.293 e. The van der Waals surface area contributed by atoms with Crippen LogP contribution in [0.3, 0.4) is 0 Å². The van der Waals surface area contributed by atoms with Gasteiger partial charge in [-0.3, -0.25) is 14.9 Å². The molecule has 6 heteroatoms. The maximum absolute atomic E-state index is 11.3. The molecular weight excluding hydrogens is 260 g/mol. The van der Waals surface area contributed by atoms with Crippen LogP contribution < -0.4 is 5.32 Å². The van der Waals surface area contributed by atoms with Crippen LogP contribution in [0.4, 0.5) is 11.4 Å². The Kier molecular flexibility index (Phi) is 5.21. The van der Waals surface area contributed by atoms with Gasteiger partial charge in [0.15, 0.2) is 5.78 Å². The third-order valence-electron chi connectivity index (χ3n) is 3.15. The van der Waals surface area contributed by atoms with Crippen LogP contribution in [0.1, 0.15) is 37.6 Å². The number of Topliss-reactive ketones (excluding diaryl/α,β-unsaturated/α-hetero) is 1. The van der Waals surface area contributed by atoms with E-state index >= 15 is 0 Å². The lowest BCUT2D eigenvalue weighted by atomic mass is 9.89. The number of hydrogen-bond donors (Lipinski definition) is 2. The molecule has 0 aliphatic carbocycles.